The molecule has 0 bridgehead atoms. The van der Waals surface area contributed by atoms with Gasteiger partial charge in [-0.25, -0.2) is 9.78 Å². The van der Waals surface area contributed by atoms with E-state index in [1.54, 1.807) is 0 Å². The van der Waals surface area contributed by atoms with Gasteiger partial charge in [0.2, 0.25) is 12.0 Å². The van der Waals surface area contributed by atoms with Gasteiger partial charge >= 0.3 is 11.9 Å². The fourth-order valence-corrected chi connectivity index (χ4v) is 4.54. The number of nitrogen functional groups attached to an aromatic ring is 1. The molecule has 1 aromatic rings. The molecule has 3 rings (SSSR count). The summed E-state index contributed by atoms with van der Waals surface area (Å²) in [6.07, 6.45) is -1.71. The first-order valence-corrected chi connectivity index (χ1v) is 9.83. The van der Waals surface area contributed by atoms with Crippen molar-refractivity contribution in [1.29, 1.82) is 0 Å². The molecule has 2 fully saturated rings. The summed E-state index contributed by atoms with van der Waals surface area (Å²) in [6, 6.07) is -0.980. The van der Waals surface area contributed by atoms with Crippen molar-refractivity contribution in [3.63, 3.8) is 0 Å². The second-order valence-corrected chi connectivity index (χ2v) is 8.13. The summed E-state index contributed by atoms with van der Waals surface area (Å²) < 4.78 is 0. The number of thiazole rings is 1. The molecule has 3 heterocycles. The number of carbonyl (C=O) groups is 4. The average molecular weight is 445 g/mol. The van der Waals surface area contributed by atoms with Gasteiger partial charge in [-0.2, -0.15) is 0 Å². The van der Waals surface area contributed by atoms with E-state index in [0.717, 1.165) is 23.1 Å². The molecule has 2 saturated heterocycles. The maximum atomic E-state index is 12.7. The number of aliphatic hydroxyl groups excluding tert-OH is 1. The number of hydrogen-bond donors (Lipinski definition) is 5. The van der Waals surface area contributed by atoms with Crippen LogP contribution >= 0.6 is 23.1 Å². The van der Waals surface area contributed by atoms with E-state index in [9.17, 15) is 19.2 Å². The van der Waals surface area contributed by atoms with E-state index in [1.165, 1.54) is 10.3 Å². The summed E-state index contributed by atoms with van der Waals surface area (Å²) in [5.41, 5.74) is 5.09. The third-order valence-corrected chi connectivity index (χ3v) is 6.22. The van der Waals surface area contributed by atoms with Gasteiger partial charge in [0, 0.05) is 11.9 Å². The van der Waals surface area contributed by atoms with Gasteiger partial charge < -0.3 is 36.1 Å². The van der Waals surface area contributed by atoms with E-state index in [2.05, 4.69) is 15.5 Å². The van der Waals surface area contributed by atoms with Crippen LogP contribution in [0.5, 0.6) is 0 Å². The van der Waals surface area contributed by atoms with Crippen LogP contribution < -0.4 is 11.1 Å². The van der Waals surface area contributed by atoms with Crippen LogP contribution in [0.15, 0.2) is 10.5 Å². The van der Waals surface area contributed by atoms with Crippen LogP contribution in [0.2, 0.25) is 0 Å². The Balaban J connectivity index is 1.76. The number of carbonyl (C=O) groups excluding carboxylic acids is 2. The highest BCUT2D eigenvalue weighted by atomic mass is 32.2. The molecule has 15 heteroatoms. The molecule has 0 saturated carbocycles. The summed E-state index contributed by atoms with van der Waals surface area (Å²) in [5.74, 6) is -3.90. The first kappa shape index (κ1) is 20.8. The molecule has 0 aromatic carbocycles. The van der Waals surface area contributed by atoms with Crippen molar-refractivity contribution < 1.29 is 39.3 Å². The zero-order valence-electron chi connectivity index (χ0n) is 14.4. The Bertz CT molecular complexity index is 889. The molecule has 0 spiro atoms. The SMILES string of the molecule is Nc1nc(/C(=N/O[C@@H](CO)C(=O)O)C(=O)N[C@@H]2C(=O)N3C[C@H](C(=O)O)SC23)cs1. The molecule has 2 aliphatic heterocycles. The maximum absolute atomic E-state index is 12.7. The predicted molar refractivity (Wildman–Crippen MR) is 99.1 cm³/mol. The second-order valence-electron chi connectivity index (χ2n) is 5.92. The average Bonchev–Trinajstić information content (AvgIpc) is 3.27. The molecule has 13 nitrogen and oxygen atoms in total. The van der Waals surface area contributed by atoms with Crippen molar-refractivity contribution in [2.24, 2.45) is 5.16 Å². The number of carboxylic acid groups (broad SMARTS) is 2. The highest BCUT2D eigenvalue weighted by molar-refractivity contribution is 8.01. The van der Waals surface area contributed by atoms with Crippen molar-refractivity contribution >= 4 is 57.7 Å². The normalized spacial score (nSPS) is 24.4. The van der Waals surface area contributed by atoms with Crippen LogP contribution in [-0.2, 0) is 24.0 Å². The zero-order chi connectivity index (χ0) is 21.3. The summed E-state index contributed by atoms with van der Waals surface area (Å²) in [6.45, 7) is -0.850. The number of carboxylic acids is 2. The quantitative estimate of drug-likeness (QED) is 0.164. The van der Waals surface area contributed by atoms with Crippen LogP contribution in [0.1, 0.15) is 5.69 Å². The van der Waals surface area contributed by atoms with Crippen LogP contribution in [-0.4, -0.2) is 90.6 Å². The van der Waals surface area contributed by atoms with Crippen molar-refractivity contribution in [2.75, 3.05) is 18.9 Å². The number of amides is 2. The number of nitrogens with two attached hydrogens (primary N) is 1. The molecule has 0 radical (unpaired) electrons. The first-order chi connectivity index (χ1) is 13.7. The lowest BCUT2D eigenvalue weighted by Gasteiger charge is -2.41. The minimum absolute atomic E-state index is 0.0156. The van der Waals surface area contributed by atoms with Gasteiger partial charge in [0.1, 0.15) is 22.4 Å². The lowest BCUT2D eigenvalue weighted by Crippen LogP contribution is -2.67. The molecule has 6 N–H and O–H groups in total. The third kappa shape index (κ3) is 4.10. The van der Waals surface area contributed by atoms with Crippen molar-refractivity contribution in [2.45, 2.75) is 22.8 Å². The van der Waals surface area contributed by atoms with E-state index >= 15 is 0 Å². The van der Waals surface area contributed by atoms with Gasteiger partial charge in [0.15, 0.2) is 10.8 Å². The molecule has 0 aliphatic carbocycles. The number of aromatic nitrogens is 1. The van der Waals surface area contributed by atoms with E-state index in [0.29, 0.717) is 0 Å². The van der Waals surface area contributed by atoms with E-state index in [-0.39, 0.29) is 17.4 Å². The number of nitrogens with zero attached hydrogens (tertiary/aromatic N) is 3. The van der Waals surface area contributed by atoms with Gasteiger partial charge in [0.25, 0.3) is 5.91 Å². The largest absolute Gasteiger partial charge is 0.480 e. The van der Waals surface area contributed by atoms with Gasteiger partial charge in [-0.05, 0) is 0 Å². The number of rotatable bonds is 8. The molecule has 156 valence electrons. The predicted octanol–water partition coefficient (Wildman–Crippen LogP) is -2.26. The number of aliphatic hydroxyl groups is 1. The number of thioether (sulfide) groups is 1. The molecule has 4 atom stereocenters. The minimum Gasteiger partial charge on any atom is -0.480 e. The number of hydrogen-bond acceptors (Lipinski definition) is 11. The summed E-state index contributed by atoms with van der Waals surface area (Å²) in [7, 11) is 0. The second kappa shape index (κ2) is 8.22. The number of aliphatic carboxylic acids is 2. The van der Waals surface area contributed by atoms with Gasteiger partial charge in [-0.1, -0.05) is 5.16 Å². The van der Waals surface area contributed by atoms with Crippen LogP contribution in [0.25, 0.3) is 0 Å². The molecule has 1 unspecified atom stereocenters. The van der Waals surface area contributed by atoms with Gasteiger partial charge in [-0.3, -0.25) is 14.4 Å². The van der Waals surface area contributed by atoms with Crippen molar-refractivity contribution in [3.8, 4) is 0 Å². The van der Waals surface area contributed by atoms with E-state index in [1.807, 2.05) is 0 Å². The number of oxime groups is 1. The Hall–Kier alpha value is -2.91. The lowest BCUT2D eigenvalue weighted by molar-refractivity contribution is -0.153. The number of anilines is 1. The highest BCUT2D eigenvalue weighted by Crippen LogP contribution is 2.40. The van der Waals surface area contributed by atoms with Crippen molar-refractivity contribution in [1.82, 2.24) is 15.2 Å². The van der Waals surface area contributed by atoms with Gasteiger partial charge in [-0.15, -0.1) is 23.1 Å². The fourth-order valence-electron chi connectivity index (χ4n) is 2.61. The zero-order valence-corrected chi connectivity index (χ0v) is 16.1. The molecular formula is C14H15N5O8S2. The lowest BCUT2D eigenvalue weighted by atomic mass is 10.1. The summed E-state index contributed by atoms with van der Waals surface area (Å²) >= 11 is 2.03. The van der Waals surface area contributed by atoms with E-state index < -0.39 is 58.8 Å². The smallest absolute Gasteiger partial charge is 0.350 e. The monoisotopic (exact) mass is 445 g/mol. The molecular weight excluding hydrogens is 430 g/mol. The standard InChI is InChI=1S/C14H15N5O8S2/c15-14-16-4(3-28-14)7(18-27-5(2-20)12(23)24)9(21)17-8-10(22)19-1-6(13(25)26)29-11(8)19/h3,5-6,8,11,20H,1-2H2,(H2,15,16)(H,17,21)(H,23,24)(H,25,26)/b18-7-/t5-,6+,8+,11?/m0/s1. The molecule has 1 aromatic heterocycles. The maximum Gasteiger partial charge on any atom is 0.350 e. The Kier molecular flexibility index (Phi) is 5.90. The Morgan fingerprint density at radius 1 is 1.45 bits per heavy atom. The Labute approximate surface area is 170 Å². The minimum atomic E-state index is -1.71. The highest BCUT2D eigenvalue weighted by Gasteiger charge is 2.55. The Morgan fingerprint density at radius 3 is 2.72 bits per heavy atom. The number of fused-ring (bicyclic) bond motifs is 1. The molecule has 2 aliphatic rings. The van der Waals surface area contributed by atoms with Crippen LogP contribution in [0.4, 0.5) is 5.13 Å². The summed E-state index contributed by atoms with van der Waals surface area (Å²) in [5, 5.41) is 33.1. The number of nitrogens with one attached hydrogen (secondary N) is 1. The Morgan fingerprint density at radius 2 is 2.17 bits per heavy atom. The van der Waals surface area contributed by atoms with Crippen LogP contribution in [0, 0.1) is 0 Å². The topological polar surface area (TPSA) is 205 Å². The van der Waals surface area contributed by atoms with Crippen molar-refractivity contribution in [3.05, 3.63) is 11.1 Å². The molecule has 29 heavy (non-hydrogen) atoms. The summed E-state index contributed by atoms with van der Waals surface area (Å²) in [4.78, 5) is 56.9. The van der Waals surface area contributed by atoms with Gasteiger partial charge in [0.05, 0.1) is 6.61 Å². The van der Waals surface area contributed by atoms with Crippen LogP contribution in [0.3, 0.4) is 0 Å². The third-order valence-electron chi connectivity index (χ3n) is 4.06. The first-order valence-electron chi connectivity index (χ1n) is 8.01. The fraction of sp³-hybridized carbons (Fsp3) is 0.429. The van der Waals surface area contributed by atoms with E-state index in [4.69, 9.17) is 25.9 Å². The number of β-lactam (4-membered cyclic amide) rings is 1. The molecule has 2 amide bonds.